The van der Waals surface area contributed by atoms with Crippen molar-refractivity contribution in [1.82, 2.24) is 5.32 Å². The Bertz CT molecular complexity index is 978. The van der Waals surface area contributed by atoms with Gasteiger partial charge in [-0.15, -0.1) is 0 Å². The van der Waals surface area contributed by atoms with Gasteiger partial charge in [-0.05, 0) is 55.7 Å². The molecule has 1 aliphatic rings. The van der Waals surface area contributed by atoms with Crippen LogP contribution in [0.2, 0.25) is 5.02 Å². The molecule has 1 heterocycles. The van der Waals surface area contributed by atoms with Gasteiger partial charge in [-0.2, -0.15) is 5.26 Å². The first-order valence-electron chi connectivity index (χ1n) is 9.23. The van der Waals surface area contributed by atoms with Crippen molar-refractivity contribution in [2.45, 2.75) is 44.2 Å². The summed E-state index contributed by atoms with van der Waals surface area (Å²) < 4.78 is 14.5. The van der Waals surface area contributed by atoms with Gasteiger partial charge in [0.15, 0.2) is 0 Å². The number of halogens is 3. The topological polar surface area (TPSA) is 73.1 Å². The SMILES string of the molecule is CC1NC(C#N)(Cc2ccc(Br)cc2)CC(c2ccc(F)cc2Cl)C1(C)C(=O)O. The summed E-state index contributed by atoms with van der Waals surface area (Å²) in [5, 5.41) is 23.6. The van der Waals surface area contributed by atoms with Crippen molar-refractivity contribution >= 4 is 33.5 Å². The smallest absolute Gasteiger partial charge is 0.311 e. The Morgan fingerprint density at radius 2 is 2.03 bits per heavy atom. The lowest BCUT2D eigenvalue weighted by atomic mass is 9.60. The van der Waals surface area contributed by atoms with Crippen LogP contribution in [-0.2, 0) is 11.2 Å². The second-order valence-electron chi connectivity index (χ2n) is 7.87. The molecule has 152 valence electrons. The molecule has 4 unspecified atom stereocenters. The van der Waals surface area contributed by atoms with E-state index in [4.69, 9.17) is 11.6 Å². The molecular formula is C22H21BrClFN2O2. The molecule has 4 atom stereocenters. The lowest BCUT2D eigenvalue weighted by Crippen LogP contribution is -2.64. The van der Waals surface area contributed by atoms with E-state index in [1.54, 1.807) is 13.8 Å². The van der Waals surface area contributed by atoms with Gasteiger partial charge in [0.2, 0.25) is 0 Å². The lowest BCUT2D eigenvalue weighted by Gasteiger charge is -2.50. The van der Waals surface area contributed by atoms with Crippen molar-refractivity contribution in [3.8, 4) is 6.07 Å². The zero-order chi connectivity index (χ0) is 21.4. The first-order valence-corrected chi connectivity index (χ1v) is 10.4. The Balaban J connectivity index is 2.08. The van der Waals surface area contributed by atoms with Crippen molar-refractivity contribution in [2.75, 3.05) is 0 Å². The number of nitrogens with zero attached hydrogens (tertiary/aromatic N) is 1. The van der Waals surface area contributed by atoms with Gasteiger partial charge in [-0.3, -0.25) is 10.1 Å². The van der Waals surface area contributed by atoms with E-state index in [0.29, 0.717) is 12.0 Å². The van der Waals surface area contributed by atoms with E-state index < -0.39 is 34.7 Å². The fourth-order valence-corrected chi connectivity index (χ4v) is 4.79. The summed E-state index contributed by atoms with van der Waals surface area (Å²) in [6, 6.07) is 13.5. The molecule has 0 aromatic heterocycles. The predicted molar refractivity (Wildman–Crippen MR) is 113 cm³/mol. The number of rotatable bonds is 4. The quantitative estimate of drug-likeness (QED) is 0.624. The number of carboxylic acid groups (broad SMARTS) is 1. The first-order chi connectivity index (χ1) is 13.6. The molecule has 3 rings (SSSR count). The third-order valence-electron chi connectivity index (χ3n) is 6.10. The van der Waals surface area contributed by atoms with E-state index in [-0.39, 0.29) is 11.4 Å². The maximum atomic E-state index is 13.6. The van der Waals surface area contributed by atoms with Crippen LogP contribution in [0.15, 0.2) is 46.9 Å². The van der Waals surface area contributed by atoms with Gasteiger partial charge in [-0.25, -0.2) is 4.39 Å². The van der Waals surface area contributed by atoms with E-state index >= 15 is 0 Å². The van der Waals surface area contributed by atoms with Crippen molar-refractivity contribution in [3.63, 3.8) is 0 Å². The summed E-state index contributed by atoms with van der Waals surface area (Å²) in [5.74, 6) is -2.04. The highest BCUT2D eigenvalue weighted by molar-refractivity contribution is 9.10. The number of nitriles is 1. The summed E-state index contributed by atoms with van der Waals surface area (Å²) in [5.41, 5.74) is -0.703. The van der Waals surface area contributed by atoms with Crippen molar-refractivity contribution in [1.29, 1.82) is 5.26 Å². The number of hydrogen-bond donors (Lipinski definition) is 2. The van der Waals surface area contributed by atoms with Crippen LogP contribution >= 0.6 is 27.5 Å². The number of carboxylic acids is 1. The van der Waals surface area contributed by atoms with E-state index in [1.807, 2.05) is 24.3 Å². The van der Waals surface area contributed by atoms with Crippen LogP contribution in [0.25, 0.3) is 0 Å². The fraction of sp³-hybridized carbons (Fsp3) is 0.364. The summed E-state index contributed by atoms with van der Waals surface area (Å²) in [7, 11) is 0. The van der Waals surface area contributed by atoms with Gasteiger partial charge >= 0.3 is 5.97 Å². The maximum Gasteiger partial charge on any atom is 0.311 e. The van der Waals surface area contributed by atoms with Gasteiger partial charge in [0, 0.05) is 27.9 Å². The molecule has 7 heteroatoms. The zero-order valence-electron chi connectivity index (χ0n) is 16.0. The zero-order valence-corrected chi connectivity index (χ0v) is 18.4. The number of piperidine rings is 1. The second-order valence-corrected chi connectivity index (χ2v) is 9.20. The molecular weight excluding hydrogens is 459 g/mol. The monoisotopic (exact) mass is 478 g/mol. The minimum absolute atomic E-state index is 0.173. The summed E-state index contributed by atoms with van der Waals surface area (Å²) in [6.45, 7) is 3.42. The Morgan fingerprint density at radius 3 is 2.59 bits per heavy atom. The summed E-state index contributed by atoms with van der Waals surface area (Å²) in [4.78, 5) is 12.3. The molecule has 0 bridgehead atoms. The molecule has 0 aliphatic carbocycles. The molecule has 2 aromatic carbocycles. The van der Waals surface area contributed by atoms with E-state index in [9.17, 15) is 19.6 Å². The maximum absolute atomic E-state index is 13.6. The Kier molecular flexibility index (Phi) is 6.05. The molecule has 1 fully saturated rings. The van der Waals surface area contributed by atoms with Crippen LogP contribution < -0.4 is 5.32 Å². The number of nitrogens with one attached hydrogen (secondary N) is 1. The Labute approximate surface area is 182 Å². The van der Waals surface area contributed by atoms with Gasteiger partial charge in [-0.1, -0.05) is 45.7 Å². The largest absolute Gasteiger partial charge is 0.481 e. The van der Waals surface area contributed by atoms with Crippen LogP contribution in [0, 0.1) is 22.6 Å². The van der Waals surface area contributed by atoms with Crippen molar-refractivity contribution < 1.29 is 14.3 Å². The molecule has 2 aromatic rings. The van der Waals surface area contributed by atoms with Gasteiger partial charge in [0.25, 0.3) is 0 Å². The molecule has 0 amide bonds. The molecule has 1 aliphatic heterocycles. The number of aliphatic carboxylic acids is 1. The van der Waals surface area contributed by atoms with Crippen LogP contribution in [0.4, 0.5) is 4.39 Å². The minimum Gasteiger partial charge on any atom is -0.481 e. The van der Waals surface area contributed by atoms with Gasteiger partial charge < -0.3 is 5.11 Å². The number of benzene rings is 2. The van der Waals surface area contributed by atoms with Gasteiger partial charge in [0.05, 0.1) is 11.5 Å². The molecule has 0 radical (unpaired) electrons. The average Bonchev–Trinajstić information content (AvgIpc) is 2.66. The molecule has 2 N–H and O–H groups in total. The highest BCUT2D eigenvalue weighted by atomic mass is 79.9. The van der Waals surface area contributed by atoms with Crippen LogP contribution in [-0.4, -0.2) is 22.7 Å². The first kappa shape index (κ1) is 21.8. The predicted octanol–water partition coefficient (Wildman–Crippen LogP) is 5.30. The third kappa shape index (κ3) is 4.05. The molecule has 0 spiro atoms. The highest BCUT2D eigenvalue weighted by Crippen LogP contribution is 2.50. The van der Waals surface area contributed by atoms with Crippen LogP contribution in [0.1, 0.15) is 37.3 Å². The Morgan fingerprint density at radius 1 is 1.38 bits per heavy atom. The number of carbonyl (C=O) groups is 1. The van der Waals surface area contributed by atoms with Crippen LogP contribution in [0.5, 0.6) is 0 Å². The normalized spacial score (nSPS) is 29.2. The van der Waals surface area contributed by atoms with Gasteiger partial charge in [0.1, 0.15) is 11.4 Å². The van der Waals surface area contributed by atoms with Crippen LogP contribution in [0.3, 0.4) is 0 Å². The van der Waals surface area contributed by atoms with Crippen molar-refractivity contribution in [2.24, 2.45) is 5.41 Å². The third-order valence-corrected chi connectivity index (χ3v) is 6.96. The fourth-order valence-electron chi connectivity index (χ4n) is 4.23. The average molecular weight is 480 g/mol. The number of hydrogen-bond acceptors (Lipinski definition) is 3. The standard InChI is InChI=1S/C22H21BrClFN2O2/c1-13-21(2,20(28)29)18(17-8-7-16(25)9-19(17)24)11-22(12-26,27-13)10-14-3-5-15(23)6-4-14/h3-9,13,18,27H,10-11H2,1-2H3,(H,28,29). The van der Waals surface area contributed by atoms with E-state index in [2.05, 4.69) is 27.3 Å². The second kappa shape index (κ2) is 8.06. The van der Waals surface area contributed by atoms with Crippen molar-refractivity contribution in [3.05, 3.63) is 68.9 Å². The highest BCUT2D eigenvalue weighted by Gasteiger charge is 2.56. The summed E-state index contributed by atoms with van der Waals surface area (Å²) >= 11 is 9.72. The molecule has 4 nitrogen and oxygen atoms in total. The molecule has 29 heavy (non-hydrogen) atoms. The Hall–Kier alpha value is -1.94. The van der Waals surface area contributed by atoms with E-state index in [1.165, 1.54) is 18.2 Å². The lowest BCUT2D eigenvalue weighted by molar-refractivity contribution is -0.153. The molecule has 1 saturated heterocycles. The minimum atomic E-state index is -1.22. The summed E-state index contributed by atoms with van der Waals surface area (Å²) in [6.07, 6.45) is 0.643. The van der Waals surface area contributed by atoms with E-state index in [0.717, 1.165) is 10.0 Å². The molecule has 0 saturated carbocycles.